The van der Waals surface area contributed by atoms with E-state index < -0.39 is 5.97 Å². The van der Waals surface area contributed by atoms with Gasteiger partial charge in [0.15, 0.2) is 0 Å². The van der Waals surface area contributed by atoms with Gasteiger partial charge in [0.05, 0.1) is 12.1 Å². The first-order valence-corrected chi connectivity index (χ1v) is 5.09. The molecule has 2 aromatic heterocycles. The highest BCUT2D eigenvalue weighted by molar-refractivity contribution is 5.87. The monoisotopic (exact) mass is 219 g/mol. The number of nitrogens with zero attached hydrogens (tertiary/aromatic N) is 3. The normalized spacial score (nSPS) is 10.6. The molecule has 0 bridgehead atoms. The summed E-state index contributed by atoms with van der Waals surface area (Å²) in [6.07, 6.45) is 7.02. The minimum Gasteiger partial charge on any atom is -0.478 e. The maximum absolute atomic E-state index is 10.7. The van der Waals surface area contributed by atoms with Crippen LogP contribution in [0.3, 0.4) is 0 Å². The van der Waals surface area contributed by atoms with Gasteiger partial charge in [-0.2, -0.15) is 0 Å². The first-order valence-electron chi connectivity index (χ1n) is 5.09. The van der Waals surface area contributed by atoms with E-state index in [0.717, 1.165) is 12.4 Å². The number of carboxylic acids is 1. The molecule has 5 nitrogen and oxygen atoms in total. The van der Waals surface area contributed by atoms with Gasteiger partial charge in [0, 0.05) is 31.3 Å². The van der Waals surface area contributed by atoms with E-state index in [1.807, 2.05) is 22.3 Å². The first-order chi connectivity index (χ1) is 7.70. The highest BCUT2D eigenvalue weighted by atomic mass is 16.4. The zero-order valence-corrected chi connectivity index (χ0v) is 9.00. The van der Waals surface area contributed by atoms with E-state index in [9.17, 15) is 4.79 Å². The molecule has 2 aromatic rings. The summed E-state index contributed by atoms with van der Waals surface area (Å²) < 4.78 is 3.85. The molecular weight excluding hydrogens is 206 g/mol. The molecule has 1 N–H and O–H groups in total. The summed E-state index contributed by atoms with van der Waals surface area (Å²) in [5, 5.41) is 8.79. The van der Waals surface area contributed by atoms with Crippen LogP contribution in [-0.4, -0.2) is 25.2 Å². The van der Waals surface area contributed by atoms with E-state index in [2.05, 4.69) is 4.98 Å². The topological polar surface area (TPSA) is 60.0 Å². The predicted molar refractivity (Wildman–Crippen MR) is 58.4 cm³/mol. The van der Waals surface area contributed by atoms with Crippen molar-refractivity contribution in [1.29, 1.82) is 0 Å². The maximum Gasteiger partial charge on any atom is 0.337 e. The molecule has 0 unspecified atom stereocenters. The molecule has 0 radical (unpaired) electrons. The lowest BCUT2D eigenvalue weighted by Gasteiger charge is -2.05. The standard InChI is InChI=1S/C11H13N3O2/c1-2-14-6-4-12-10(14)8-13-5-3-9(7-13)11(15)16/h3-7H,2,8H2,1H3,(H,15,16). The van der Waals surface area contributed by atoms with E-state index in [0.29, 0.717) is 12.1 Å². The fourth-order valence-electron chi connectivity index (χ4n) is 1.61. The van der Waals surface area contributed by atoms with Crippen LogP contribution in [0.4, 0.5) is 0 Å². The molecule has 0 saturated heterocycles. The average Bonchev–Trinajstić information content (AvgIpc) is 2.87. The molecule has 0 aliphatic carbocycles. The molecule has 0 atom stereocenters. The van der Waals surface area contributed by atoms with Crippen molar-refractivity contribution < 1.29 is 9.90 Å². The van der Waals surface area contributed by atoms with Crippen molar-refractivity contribution in [2.45, 2.75) is 20.0 Å². The van der Waals surface area contributed by atoms with Crippen molar-refractivity contribution in [2.75, 3.05) is 0 Å². The maximum atomic E-state index is 10.7. The predicted octanol–water partition coefficient (Wildman–Crippen LogP) is 1.45. The van der Waals surface area contributed by atoms with Crippen LogP contribution >= 0.6 is 0 Å². The van der Waals surface area contributed by atoms with E-state index in [4.69, 9.17) is 5.11 Å². The lowest BCUT2D eigenvalue weighted by Crippen LogP contribution is -2.06. The van der Waals surface area contributed by atoms with Crippen molar-refractivity contribution in [3.63, 3.8) is 0 Å². The van der Waals surface area contributed by atoms with Crippen LogP contribution in [0, 0.1) is 0 Å². The van der Waals surface area contributed by atoms with E-state index in [1.165, 1.54) is 0 Å². The highest BCUT2D eigenvalue weighted by Crippen LogP contribution is 2.05. The quantitative estimate of drug-likeness (QED) is 0.846. The molecule has 84 valence electrons. The number of aromatic nitrogens is 3. The van der Waals surface area contributed by atoms with Gasteiger partial charge >= 0.3 is 5.97 Å². The van der Waals surface area contributed by atoms with Crippen LogP contribution in [0.15, 0.2) is 30.9 Å². The second kappa shape index (κ2) is 4.22. The molecule has 0 fully saturated rings. The summed E-state index contributed by atoms with van der Waals surface area (Å²) in [6, 6.07) is 1.58. The van der Waals surface area contributed by atoms with Crippen LogP contribution < -0.4 is 0 Å². The summed E-state index contributed by atoms with van der Waals surface area (Å²) in [6.45, 7) is 3.50. The Morgan fingerprint density at radius 1 is 1.50 bits per heavy atom. The fraction of sp³-hybridized carbons (Fsp3) is 0.273. The number of carboxylic acid groups (broad SMARTS) is 1. The molecule has 2 rings (SSSR count). The van der Waals surface area contributed by atoms with Crippen LogP contribution in [0.2, 0.25) is 0 Å². The Balaban J connectivity index is 2.17. The van der Waals surface area contributed by atoms with Crippen molar-refractivity contribution in [1.82, 2.24) is 14.1 Å². The Morgan fingerprint density at radius 3 is 2.94 bits per heavy atom. The van der Waals surface area contributed by atoms with Gasteiger partial charge < -0.3 is 14.2 Å². The van der Waals surface area contributed by atoms with Gasteiger partial charge in [-0.05, 0) is 13.0 Å². The Kier molecular flexibility index (Phi) is 2.76. The largest absolute Gasteiger partial charge is 0.478 e. The summed E-state index contributed by atoms with van der Waals surface area (Å²) in [4.78, 5) is 14.9. The lowest BCUT2D eigenvalue weighted by molar-refractivity contribution is 0.0697. The minimum atomic E-state index is -0.905. The van der Waals surface area contributed by atoms with Gasteiger partial charge in [-0.3, -0.25) is 0 Å². The molecular formula is C11H13N3O2. The lowest BCUT2D eigenvalue weighted by atomic mass is 10.4. The Hall–Kier alpha value is -2.04. The van der Waals surface area contributed by atoms with Crippen LogP contribution in [0.25, 0.3) is 0 Å². The molecule has 5 heteroatoms. The molecule has 0 saturated carbocycles. The van der Waals surface area contributed by atoms with Gasteiger partial charge in [0.2, 0.25) is 0 Å². The summed E-state index contributed by atoms with van der Waals surface area (Å²) >= 11 is 0. The van der Waals surface area contributed by atoms with Gasteiger partial charge in [-0.15, -0.1) is 0 Å². The van der Waals surface area contributed by atoms with Crippen molar-refractivity contribution in [3.8, 4) is 0 Å². The van der Waals surface area contributed by atoms with Gasteiger partial charge in [-0.1, -0.05) is 0 Å². The SMILES string of the molecule is CCn1ccnc1Cn1ccc(C(=O)O)c1. The van der Waals surface area contributed by atoms with Gasteiger partial charge in [0.25, 0.3) is 0 Å². The number of aryl methyl sites for hydroxylation is 1. The Labute approximate surface area is 93.0 Å². The molecule has 0 aliphatic rings. The number of imidazole rings is 1. The first kappa shape index (κ1) is 10.5. The van der Waals surface area contributed by atoms with E-state index in [1.54, 1.807) is 24.7 Å². The average molecular weight is 219 g/mol. The zero-order chi connectivity index (χ0) is 11.5. The van der Waals surface area contributed by atoms with Gasteiger partial charge in [0.1, 0.15) is 5.82 Å². The van der Waals surface area contributed by atoms with Crippen LogP contribution in [-0.2, 0) is 13.1 Å². The smallest absolute Gasteiger partial charge is 0.337 e. The summed E-state index contributed by atoms with van der Waals surface area (Å²) in [5.41, 5.74) is 0.301. The summed E-state index contributed by atoms with van der Waals surface area (Å²) in [7, 11) is 0. The van der Waals surface area contributed by atoms with Crippen LogP contribution in [0.5, 0.6) is 0 Å². The summed E-state index contributed by atoms with van der Waals surface area (Å²) in [5.74, 6) is 0.0209. The number of rotatable bonds is 4. The van der Waals surface area contributed by atoms with Crippen LogP contribution in [0.1, 0.15) is 23.1 Å². The van der Waals surface area contributed by atoms with Crippen molar-refractivity contribution >= 4 is 5.97 Å². The number of hydrogen-bond donors (Lipinski definition) is 1. The minimum absolute atomic E-state index is 0.301. The molecule has 0 spiro atoms. The Morgan fingerprint density at radius 2 is 2.31 bits per heavy atom. The van der Waals surface area contributed by atoms with E-state index >= 15 is 0 Å². The highest BCUT2D eigenvalue weighted by Gasteiger charge is 2.06. The second-order valence-electron chi connectivity index (χ2n) is 3.51. The molecule has 16 heavy (non-hydrogen) atoms. The second-order valence-corrected chi connectivity index (χ2v) is 3.51. The number of aromatic carboxylic acids is 1. The number of carbonyl (C=O) groups is 1. The molecule has 0 aromatic carbocycles. The molecule has 0 aliphatic heterocycles. The molecule has 2 heterocycles. The van der Waals surface area contributed by atoms with Gasteiger partial charge in [-0.25, -0.2) is 9.78 Å². The third-order valence-corrected chi connectivity index (χ3v) is 2.46. The van der Waals surface area contributed by atoms with E-state index in [-0.39, 0.29) is 0 Å². The van der Waals surface area contributed by atoms with Crippen molar-refractivity contribution in [3.05, 3.63) is 42.2 Å². The Bertz CT molecular complexity index is 499. The number of hydrogen-bond acceptors (Lipinski definition) is 2. The fourth-order valence-corrected chi connectivity index (χ4v) is 1.61. The third-order valence-electron chi connectivity index (χ3n) is 2.46. The van der Waals surface area contributed by atoms with Crippen molar-refractivity contribution in [2.24, 2.45) is 0 Å². The third kappa shape index (κ3) is 1.98. The zero-order valence-electron chi connectivity index (χ0n) is 9.00. The molecule has 0 amide bonds.